The third-order valence-electron chi connectivity index (χ3n) is 5.44. The third-order valence-corrected chi connectivity index (χ3v) is 5.44. The van der Waals surface area contributed by atoms with Crippen molar-refractivity contribution in [3.05, 3.63) is 0 Å². The molecule has 0 spiro atoms. The molecule has 1 saturated carbocycles. The molecule has 1 aliphatic carbocycles. The van der Waals surface area contributed by atoms with Crippen LogP contribution in [-0.2, 0) is 0 Å². The van der Waals surface area contributed by atoms with Gasteiger partial charge in [0.1, 0.15) is 0 Å². The summed E-state index contributed by atoms with van der Waals surface area (Å²) in [5.74, 6) is 0.857. The SMILES string of the molecule is CC1CCC(CO)(CN2CCCC(N(C)C)C2)CC1. The molecule has 1 saturated heterocycles. The maximum atomic E-state index is 9.90. The van der Waals surface area contributed by atoms with E-state index < -0.39 is 0 Å². The van der Waals surface area contributed by atoms with Gasteiger partial charge < -0.3 is 14.9 Å². The number of aliphatic hydroxyl groups is 1. The summed E-state index contributed by atoms with van der Waals surface area (Å²) in [7, 11) is 4.39. The van der Waals surface area contributed by atoms with E-state index >= 15 is 0 Å². The van der Waals surface area contributed by atoms with Crippen LogP contribution in [0.15, 0.2) is 0 Å². The standard InChI is InChI=1S/C16H32N2O/c1-14-6-8-16(13-19,9-7-14)12-18-10-4-5-15(11-18)17(2)3/h14-15,19H,4-13H2,1-3H3. The summed E-state index contributed by atoms with van der Waals surface area (Å²) < 4.78 is 0. The van der Waals surface area contributed by atoms with Crippen LogP contribution in [0.25, 0.3) is 0 Å². The molecular formula is C16H32N2O. The van der Waals surface area contributed by atoms with Crippen LogP contribution in [0.2, 0.25) is 0 Å². The van der Waals surface area contributed by atoms with Crippen molar-refractivity contribution in [3.63, 3.8) is 0 Å². The first-order chi connectivity index (χ1) is 9.04. The molecule has 0 amide bonds. The molecular weight excluding hydrogens is 236 g/mol. The minimum absolute atomic E-state index is 0.195. The van der Waals surface area contributed by atoms with Crippen LogP contribution in [0.4, 0.5) is 0 Å². The highest BCUT2D eigenvalue weighted by molar-refractivity contribution is 4.89. The molecule has 112 valence electrons. The average molecular weight is 268 g/mol. The van der Waals surface area contributed by atoms with Crippen molar-refractivity contribution in [2.45, 2.75) is 51.5 Å². The molecule has 3 heteroatoms. The predicted octanol–water partition coefficient (Wildman–Crippen LogP) is 2.20. The number of piperidine rings is 1. The number of rotatable bonds is 4. The van der Waals surface area contributed by atoms with Gasteiger partial charge in [0.25, 0.3) is 0 Å². The van der Waals surface area contributed by atoms with Crippen molar-refractivity contribution in [1.82, 2.24) is 9.80 Å². The van der Waals surface area contributed by atoms with Crippen molar-refractivity contribution >= 4 is 0 Å². The number of nitrogens with zero attached hydrogens (tertiary/aromatic N) is 2. The maximum Gasteiger partial charge on any atom is 0.0499 e. The molecule has 1 N–H and O–H groups in total. The fourth-order valence-electron chi connectivity index (χ4n) is 3.81. The maximum absolute atomic E-state index is 9.90. The van der Waals surface area contributed by atoms with Gasteiger partial charge in [0, 0.05) is 31.2 Å². The topological polar surface area (TPSA) is 26.7 Å². The van der Waals surface area contributed by atoms with Gasteiger partial charge >= 0.3 is 0 Å². The number of hydrogen-bond donors (Lipinski definition) is 1. The monoisotopic (exact) mass is 268 g/mol. The molecule has 1 atom stereocenters. The Morgan fingerprint density at radius 2 is 1.89 bits per heavy atom. The Morgan fingerprint density at radius 1 is 1.21 bits per heavy atom. The molecule has 1 aliphatic heterocycles. The summed E-state index contributed by atoms with van der Waals surface area (Å²) in [5, 5.41) is 9.90. The number of hydrogen-bond acceptors (Lipinski definition) is 3. The normalized spacial score (nSPS) is 37.7. The van der Waals surface area contributed by atoms with Crippen LogP contribution >= 0.6 is 0 Å². The van der Waals surface area contributed by atoms with Crippen LogP contribution < -0.4 is 0 Å². The minimum atomic E-state index is 0.195. The van der Waals surface area contributed by atoms with Gasteiger partial charge in [-0.25, -0.2) is 0 Å². The molecule has 3 nitrogen and oxygen atoms in total. The zero-order chi connectivity index (χ0) is 13.9. The van der Waals surface area contributed by atoms with Crippen LogP contribution in [0.1, 0.15) is 45.4 Å². The fourth-order valence-corrected chi connectivity index (χ4v) is 3.81. The summed E-state index contributed by atoms with van der Waals surface area (Å²) >= 11 is 0. The second-order valence-corrected chi connectivity index (χ2v) is 7.34. The molecule has 0 bridgehead atoms. The largest absolute Gasteiger partial charge is 0.396 e. The third kappa shape index (κ3) is 3.93. The molecule has 19 heavy (non-hydrogen) atoms. The first-order valence-electron chi connectivity index (χ1n) is 8.04. The highest BCUT2D eigenvalue weighted by Gasteiger charge is 2.36. The molecule has 1 unspecified atom stereocenters. The lowest BCUT2D eigenvalue weighted by Crippen LogP contribution is -2.50. The van der Waals surface area contributed by atoms with E-state index in [1.165, 1.54) is 51.6 Å². The molecule has 2 fully saturated rings. The van der Waals surface area contributed by atoms with Gasteiger partial charge in [-0.05, 0) is 52.2 Å². The molecule has 0 aromatic rings. The van der Waals surface area contributed by atoms with Crippen molar-refractivity contribution in [3.8, 4) is 0 Å². The summed E-state index contributed by atoms with van der Waals surface area (Å²) in [6.07, 6.45) is 7.66. The minimum Gasteiger partial charge on any atom is -0.396 e. The number of likely N-dealkylation sites (tertiary alicyclic amines) is 1. The summed E-state index contributed by atoms with van der Waals surface area (Å²) in [6.45, 7) is 6.25. The summed E-state index contributed by atoms with van der Waals surface area (Å²) in [4.78, 5) is 4.97. The van der Waals surface area contributed by atoms with Gasteiger partial charge in [-0.1, -0.05) is 19.8 Å². The first-order valence-corrected chi connectivity index (χ1v) is 8.04. The molecule has 0 aromatic carbocycles. The van der Waals surface area contributed by atoms with E-state index in [-0.39, 0.29) is 5.41 Å². The van der Waals surface area contributed by atoms with Crippen LogP contribution in [0, 0.1) is 11.3 Å². The van der Waals surface area contributed by atoms with Crippen LogP contribution in [0.3, 0.4) is 0 Å². The van der Waals surface area contributed by atoms with Crippen molar-refractivity contribution in [1.29, 1.82) is 0 Å². The predicted molar refractivity (Wildman–Crippen MR) is 80.3 cm³/mol. The van der Waals surface area contributed by atoms with Crippen molar-refractivity contribution in [2.24, 2.45) is 11.3 Å². The zero-order valence-corrected chi connectivity index (χ0v) is 13.1. The van der Waals surface area contributed by atoms with Gasteiger partial charge in [0.15, 0.2) is 0 Å². The zero-order valence-electron chi connectivity index (χ0n) is 13.1. The molecule has 0 aromatic heterocycles. The summed E-state index contributed by atoms with van der Waals surface area (Å²) in [6, 6.07) is 0.701. The second kappa shape index (κ2) is 6.55. The first kappa shape index (κ1) is 15.3. The quantitative estimate of drug-likeness (QED) is 0.847. The second-order valence-electron chi connectivity index (χ2n) is 7.34. The van der Waals surface area contributed by atoms with Gasteiger partial charge in [0.05, 0.1) is 0 Å². The van der Waals surface area contributed by atoms with Gasteiger partial charge in [-0.3, -0.25) is 0 Å². The number of likely N-dealkylation sites (N-methyl/N-ethyl adjacent to an activating group) is 1. The summed E-state index contributed by atoms with van der Waals surface area (Å²) in [5.41, 5.74) is 0.195. The van der Waals surface area contributed by atoms with Gasteiger partial charge in [-0.15, -0.1) is 0 Å². The lowest BCUT2D eigenvalue weighted by molar-refractivity contribution is 0.0125. The molecule has 1 heterocycles. The van der Waals surface area contributed by atoms with Crippen molar-refractivity contribution < 1.29 is 5.11 Å². The molecule has 2 aliphatic rings. The van der Waals surface area contributed by atoms with Crippen LogP contribution in [0.5, 0.6) is 0 Å². The average Bonchev–Trinajstić information content (AvgIpc) is 2.42. The fraction of sp³-hybridized carbons (Fsp3) is 1.00. The Labute approximate surface area is 119 Å². The molecule has 2 rings (SSSR count). The lowest BCUT2D eigenvalue weighted by Gasteiger charge is -2.44. The Hall–Kier alpha value is -0.120. The highest BCUT2D eigenvalue weighted by Crippen LogP contribution is 2.39. The van der Waals surface area contributed by atoms with E-state index in [9.17, 15) is 5.11 Å². The number of aliphatic hydroxyl groups excluding tert-OH is 1. The Balaban J connectivity index is 1.91. The van der Waals surface area contributed by atoms with E-state index in [1.807, 2.05) is 0 Å². The van der Waals surface area contributed by atoms with Gasteiger partial charge in [0.2, 0.25) is 0 Å². The molecule has 0 radical (unpaired) electrons. The van der Waals surface area contributed by atoms with Crippen molar-refractivity contribution in [2.75, 3.05) is 40.3 Å². The van der Waals surface area contributed by atoms with E-state index in [4.69, 9.17) is 0 Å². The van der Waals surface area contributed by atoms with E-state index in [2.05, 4.69) is 30.8 Å². The Bertz CT molecular complexity index is 272. The smallest absolute Gasteiger partial charge is 0.0499 e. The Kier molecular flexibility index (Phi) is 5.27. The lowest BCUT2D eigenvalue weighted by atomic mass is 9.71. The van der Waals surface area contributed by atoms with E-state index in [0.717, 1.165) is 12.5 Å². The van der Waals surface area contributed by atoms with Gasteiger partial charge in [-0.2, -0.15) is 0 Å². The van der Waals surface area contributed by atoms with E-state index in [1.54, 1.807) is 0 Å². The highest BCUT2D eigenvalue weighted by atomic mass is 16.3. The van der Waals surface area contributed by atoms with Crippen LogP contribution in [-0.4, -0.2) is 61.3 Å². The Morgan fingerprint density at radius 3 is 2.47 bits per heavy atom. The van der Waals surface area contributed by atoms with E-state index in [0.29, 0.717) is 12.6 Å².